The average molecular weight is 177 g/mol. The molecule has 0 saturated heterocycles. The first-order valence-corrected chi connectivity index (χ1v) is 3.74. The molecule has 0 rings (SSSR count). The van der Waals surface area contributed by atoms with Gasteiger partial charge in [0.1, 0.15) is 12.6 Å². The summed E-state index contributed by atoms with van der Waals surface area (Å²) in [5.74, 6) is -0.499. The first-order chi connectivity index (χ1) is 5.72. The van der Waals surface area contributed by atoms with Gasteiger partial charge in [-0.15, -0.1) is 0 Å². The third kappa shape index (κ3) is 5.06. The molecule has 0 heterocycles. The molecular formula is C7H15NO4. The highest BCUT2D eigenvalue weighted by molar-refractivity contribution is 5.75. The van der Waals surface area contributed by atoms with Gasteiger partial charge in [0.2, 0.25) is 0 Å². The van der Waals surface area contributed by atoms with Crippen LogP contribution in [0.25, 0.3) is 0 Å². The van der Waals surface area contributed by atoms with Crippen LogP contribution in [0.5, 0.6) is 0 Å². The van der Waals surface area contributed by atoms with E-state index in [2.05, 4.69) is 4.74 Å². The molecule has 0 fully saturated rings. The zero-order chi connectivity index (χ0) is 9.40. The molecule has 0 aliphatic carbocycles. The summed E-state index contributed by atoms with van der Waals surface area (Å²) in [6.07, 6.45) is 0.228. The third-order valence-corrected chi connectivity index (χ3v) is 1.27. The molecule has 0 unspecified atom stereocenters. The van der Waals surface area contributed by atoms with E-state index in [4.69, 9.17) is 15.6 Å². The Kier molecular flexibility index (Phi) is 6.64. The number of aliphatic hydroxyl groups excluding tert-OH is 1. The van der Waals surface area contributed by atoms with Gasteiger partial charge in [0, 0.05) is 13.7 Å². The number of ether oxygens (including phenoxy) is 2. The van der Waals surface area contributed by atoms with Gasteiger partial charge in [-0.3, -0.25) is 4.79 Å². The summed E-state index contributed by atoms with van der Waals surface area (Å²) >= 11 is 0. The first kappa shape index (κ1) is 11.4. The number of carbonyl (C=O) groups is 1. The van der Waals surface area contributed by atoms with Gasteiger partial charge in [-0.2, -0.15) is 0 Å². The van der Waals surface area contributed by atoms with Crippen molar-refractivity contribution >= 4 is 5.97 Å². The van der Waals surface area contributed by atoms with Gasteiger partial charge < -0.3 is 20.3 Å². The fourth-order valence-corrected chi connectivity index (χ4v) is 0.590. The summed E-state index contributed by atoms with van der Waals surface area (Å²) in [5, 5.41) is 8.44. The summed E-state index contributed by atoms with van der Waals surface area (Å²) in [6.45, 7) is 0.451. The van der Waals surface area contributed by atoms with E-state index in [9.17, 15) is 4.79 Å². The Labute approximate surface area is 71.5 Å². The maximum absolute atomic E-state index is 10.9. The van der Waals surface area contributed by atoms with E-state index < -0.39 is 12.0 Å². The third-order valence-electron chi connectivity index (χ3n) is 1.27. The Morgan fingerprint density at radius 3 is 2.75 bits per heavy atom. The van der Waals surface area contributed by atoms with Crippen LogP contribution >= 0.6 is 0 Å². The van der Waals surface area contributed by atoms with E-state index in [0.717, 1.165) is 0 Å². The van der Waals surface area contributed by atoms with Crippen molar-refractivity contribution in [3.8, 4) is 0 Å². The fourth-order valence-electron chi connectivity index (χ4n) is 0.590. The molecule has 5 nitrogen and oxygen atoms in total. The lowest BCUT2D eigenvalue weighted by atomic mass is 10.2. The van der Waals surface area contributed by atoms with E-state index in [1.165, 1.54) is 7.11 Å². The molecule has 0 bridgehead atoms. The van der Waals surface area contributed by atoms with Crippen molar-refractivity contribution in [1.29, 1.82) is 0 Å². The van der Waals surface area contributed by atoms with Crippen LogP contribution in [0.3, 0.4) is 0 Å². The lowest BCUT2D eigenvalue weighted by Gasteiger charge is -2.09. The van der Waals surface area contributed by atoms with Gasteiger partial charge in [-0.1, -0.05) is 0 Å². The van der Waals surface area contributed by atoms with Crippen molar-refractivity contribution in [2.24, 2.45) is 5.73 Å². The van der Waals surface area contributed by atoms with Gasteiger partial charge in [0.05, 0.1) is 6.61 Å². The smallest absolute Gasteiger partial charge is 0.323 e. The van der Waals surface area contributed by atoms with Gasteiger partial charge in [0.25, 0.3) is 0 Å². The first-order valence-electron chi connectivity index (χ1n) is 3.74. The molecule has 12 heavy (non-hydrogen) atoms. The van der Waals surface area contributed by atoms with E-state index in [-0.39, 0.29) is 19.6 Å². The summed E-state index contributed by atoms with van der Waals surface area (Å²) in [6, 6.07) is -0.730. The highest BCUT2D eigenvalue weighted by Crippen LogP contribution is 1.90. The summed E-state index contributed by atoms with van der Waals surface area (Å²) in [7, 11) is 1.52. The van der Waals surface area contributed by atoms with Crippen molar-refractivity contribution in [2.75, 3.05) is 26.9 Å². The number of aliphatic hydroxyl groups is 1. The van der Waals surface area contributed by atoms with Crippen LogP contribution in [0.4, 0.5) is 0 Å². The molecule has 0 spiro atoms. The van der Waals surface area contributed by atoms with Crippen molar-refractivity contribution in [2.45, 2.75) is 12.5 Å². The topological polar surface area (TPSA) is 81.8 Å². The molecule has 0 aliphatic heterocycles. The van der Waals surface area contributed by atoms with Gasteiger partial charge in [-0.05, 0) is 6.42 Å². The van der Waals surface area contributed by atoms with Gasteiger partial charge in [-0.25, -0.2) is 0 Å². The molecule has 0 aromatic heterocycles. The van der Waals surface area contributed by atoms with Crippen molar-refractivity contribution in [3.05, 3.63) is 0 Å². The van der Waals surface area contributed by atoms with Crippen LogP contribution in [0, 0.1) is 0 Å². The van der Waals surface area contributed by atoms with Gasteiger partial charge in [0.15, 0.2) is 0 Å². The fraction of sp³-hybridized carbons (Fsp3) is 0.857. The van der Waals surface area contributed by atoms with Crippen LogP contribution in [-0.4, -0.2) is 44.0 Å². The zero-order valence-electron chi connectivity index (χ0n) is 7.16. The number of esters is 1. The predicted octanol–water partition coefficient (Wildman–Crippen LogP) is -1.11. The summed E-state index contributed by atoms with van der Waals surface area (Å²) in [4.78, 5) is 10.9. The van der Waals surface area contributed by atoms with Crippen molar-refractivity contribution in [1.82, 2.24) is 0 Å². The van der Waals surface area contributed by atoms with E-state index >= 15 is 0 Å². The lowest BCUT2D eigenvalue weighted by Crippen LogP contribution is -2.33. The molecule has 3 N–H and O–H groups in total. The number of nitrogens with two attached hydrogens (primary N) is 1. The molecular weight excluding hydrogens is 162 g/mol. The van der Waals surface area contributed by atoms with Crippen molar-refractivity contribution < 1.29 is 19.4 Å². The second-order valence-electron chi connectivity index (χ2n) is 2.28. The Morgan fingerprint density at radius 1 is 1.58 bits per heavy atom. The number of hydrogen-bond donors (Lipinski definition) is 2. The molecule has 0 radical (unpaired) electrons. The minimum Gasteiger partial charge on any atom is -0.462 e. The molecule has 1 atom stereocenters. The van der Waals surface area contributed by atoms with Gasteiger partial charge >= 0.3 is 5.97 Å². The predicted molar refractivity (Wildman–Crippen MR) is 42.5 cm³/mol. The second kappa shape index (κ2) is 7.02. The van der Waals surface area contributed by atoms with Crippen LogP contribution in [0.1, 0.15) is 6.42 Å². The minimum absolute atomic E-state index is 0.111. The number of hydrogen-bond acceptors (Lipinski definition) is 5. The number of carbonyl (C=O) groups excluding carboxylic acids is 1. The van der Waals surface area contributed by atoms with Crippen LogP contribution in [0.2, 0.25) is 0 Å². The highest BCUT2D eigenvalue weighted by Gasteiger charge is 2.13. The largest absolute Gasteiger partial charge is 0.462 e. The summed E-state index contributed by atoms with van der Waals surface area (Å²) < 4.78 is 9.36. The normalized spacial score (nSPS) is 12.6. The Morgan fingerprint density at radius 2 is 2.25 bits per heavy atom. The highest BCUT2D eigenvalue weighted by atomic mass is 16.6. The second-order valence-corrected chi connectivity index (χ2v) is 2.28. The quantitative estimate of drug-likeness (QED) is 0.397. The molecule has 5 heteroatoms. The minimum atomic E-state index is -0.730. The lowest BCUT2D eigenvalue weighted by molar-refractivity contribution is -0.146. The molecule has 72 valence electrons. The van der Waals surface area contributed by atoms with E-state index in [1.807, 2.05) is 0 Å². The van der Waals surface area contributed by atoms with Crippen LogP contribution < -0.4 is 5.73 Å². The molecule has 0 amide bonds. The SMILES string of the molecule is COCCOC(=O)[C@@H](N)CCO. The number of methoxy groups -OCH3 is 1. The molecule has 0 aromatic rings. The Bertz CT molecular complexity index is 129. The van der Waals surface area contributed by atoms with Crippen LogP contribution in [0.15, 0.2) is 0 Å². The Balaban J connectivity index is 3.43. The molecule has 0 aliphatic rings. The molecule has 0 saturated carbocycles. The van der Waals surface area contributed by atoms with E-state index in [1.54, 1.807) is 0 Å². The van der Waals surface area contributed by atoms with Crippen molar-refractivity contribution in [3.63, 3.8) is 0 Å². The zero-order valence-corrected chi connectivity index (χ0v) is 7.16. The summed E-state index contributed by atoms with van der Waals surface area (Å²) in [5.41, 5.74) is 5.33. The van der Waals surface area contributed by atoms with E-state index in [0.29, 0.717) is 6.61 Å². The monoisotopic (exact) mass is 177 g/mol. The maximum atomic E-state index is 10.9. The molecule has 0 aromatic carbocycles. The van der Waals surface area contributed by atoms with Crippen LogP contribution in [-0.2, 0) is 14.3 Å². The number of rotatable bonds is 6. The Hall–Kier alpha value is -0.650. The average Bonchev–Trinajstić information content (AvgIpc) is 2.05. The maximum Gasteiger partial charge on any atom is 0.323 e. The standard InChI is InChI=1S/C7H15NO4/c1-11-4-5-12-7(10)6(8)2-3-9/h6,9H,2-5,8H2,1H3/t6-/m0/s1.